The number of amides is 2. The van der Waals surface area contributed by atoms with Crippen LogP contribution in [0.5, 0.6) is 0 Å². The van der Waals surface area contributed by atoms with Gasteiger partial charge in [-0.15, -0.1) is 0 Å². The Bertz CT molecular complexity index is 950. The summed E-state index contributed by atoms with van der Waals surface area (Å²) in [7, 11) is 1.90. The quantitative estimate of drug-likeness (QED) is 0.606. The number of carbonyl (C=O) groups excluding carboxylic acids is 2. The summed E-state index contributed by atoms with van der Waals surface area (Å²) in [4.78, 5) is 24.2. The molecule has 1 heterocycles. The van der Waals surface area contributed by atoms with Crippen LogP contribution in [0.3, 0.4) is 0 Å². The Balaban J connectivity index is 1.58. The van der Waals surface area contributed by atoms with E-state index in [1.807, 2.05) is 79.3 Å². The summed E-state index contributed by atoms with van der Waals surface area (Å²) in [5.41, 5.74) is 2.62. The molecule has 3 N–H and O–H groups in total. The molecule has 0 saturated carbocycles. The van der Waals surface area contributed by atoms with Gasteiger partial charge in [-0.05, 0) is 18.6 Å². The van der Waals surface area contributed by atoms with Crippen LogP contribution in [0.2, 0.25) is 0 Å². The van der Waals surface area contributed by atoms with Crippen LogP contribution in [-0.4, -0.2) is 28.0 Å². The number of aliphatic hydroxyl groups excluding tert-OH is 1. The Kier molecular flexibility index (Phi) is 5.57. The second-order valence-electron chi connectivity index (χ2n) is 6.54. The molecule has 0 fully saturated rings. The smallest absolute Gasteiger partial charge is 0.309 e. The standard InChI is InChI=1S/C21H23N3O3/c1-14(15-8-4-3-5-9-15)23-21(27)20(26)22-12-19(25)17-13-24(2)18-11-7-6-10-16(17)18/h3-11,13-14,19,25H,12H2,1-2H3,(H,22,26)(H,23,27)/t14-,19+/m1/s1. The second-order valence-corrected chi connectivity index (χ2v) is 6.54. The van der Waals surface area contributed by atoms with Crippen molar-refractivity contribution in [2.24, 2.45) is 7.05 Å². The van der Waals surface area contributed by atoms with E-state index in [1.54, 1.807) is 0 Å². The van der Waals surface area contributed by atoms with Crippen LogP contribution in [0.4, 0.5) is 0 Å². The molecule has 0 bridgehead atoms. The van der Waals surface area contributed by atoms with Crippen molar-refractivity contribution in [2.45, 2.75) is 19.1 Å². The highest BCUT2D eigenvalue weighted by molar-refractivity contribution is 6.35. The van der Waals surface area contributed by atoms with Crippen LogP contribution in [0.15, 0.2) is 60.8 Å². The molecular formula is C21H23N3O3. The van der Waals surface area contributed by atoms with Crippen molar-refractivity contribution in [3.05, 3.63) is 71.9 Å². The molecule has 0 aliphatic heterocycles. The first-order valence-electron chi connectivity index (χ1n) is 8.83. The van der Waals surface area contributed by atoms with Crippen molar-refractivity contribution in [3.63, 3.8) is 0 Å². The minimum Gasteiger partial charge on any atom is -0.386 e. The Morgan fingerprint density at radius 1 is 1.04 bits per heavy atom. The molecule has 0 aliphatic rings. The molecule has 140 valence electrons. The number of carbonyl (C=O) groups is 2. The fourth-order valence-electron chi connectivity index (χ4n) is 3.11. The van der Waals surface area contributed by atoms with Crippen molar-refractivity contribution in [3.8, 4) is 0 Å². The predicted molar refractivity (Wildman–Crippen MR) is 104 cm³/mol. The maximum atomic E-state index is 12.1. The molecule has 1 aromatic heterocycles. The van der Waals surface area contributed by atoms with E-state index < -0.39 is 17.9 Å². The van der Waals surface area contributed by atoms with Gasteiger partial charge in [0.2, 0.25) is 0 Å². The first-order valence-corrected chi connectivity index (χ1v) is 8.83. The number of nitrogens with zero attached hydrogens (tertiary/aromatic N) is 1. The Morgan fingerprint density at radius 2 is 1.70 bits per heavy atom. The lowest BCUT2D eigenvalue weighted by Gasteiger charge is -2.15. The first kappa shape index (κ1) is 18.7. The van der Waals surface area contributed by atoms with E-state index in [1.165, 1.54) is 0 Å². The van der Waals surface area contributed by atoms with E-state index in [9.17, 15) is 14.7 Å². The highest BCUT2D eigenvalue weighted by Gasteiger charge is 2.20. The van der Waals surface area contributed by atoms with Gasteiger partial charge >= 0.3 is 11.8 Å². The molecule has 0 spiro atoms. The van der Waals surface area contributed by atoms with E-state index in [-0.39, 0.29) is 12.6 Å². The molecule has 6 nitrogen and oxygen atoms in total. The molecule has 0 saturated heterocycles. The van der Waals surface area contributed by atoms with Crippen LogP contribution in [0, 0.1) is 0 Å². The van der Waals surface area contributed by atoms with Crippen LogP contribution in [-0.2, 0) is 16.6 Å². The Hall–Kier alpha value is -3.12. The van der Waals surface area contributed by atoms with Crippen molar-refractivity contribution in [1.29, 1.82) is 0 Å². The first-order chi connectivity index (χ1) is 13.0. The van der Waals surface area contributed by atoms with Gasteiger partial charge < -0.3 is 20.3 Å². The lowest BCUT2D eigenvalue weighted by molar-refractivity contribution is -0.139. The zero-order valence-electron chi connectivity index (χ0n) is 15.3. The van der Waals surface area contributed by atoms with Crippen molar-refractivity contribution >= 4 is 22.7 Å². The highest BCUT2D eigenvalue weighted by atomic mass is 16.3. The fourth-order valence-corrected chi connectivity index (χ4v) is 3.11. The van der Waals surface area contributed by atoms with Crippen molar-refractivity contribution < 1.29 is 14.7 Å². The van der Waals surface area contributed by atoms with E-state index in [0.717, 1.165) is 16.5 Å². The molecule has 2 aromatic carbocycles. The molecule has 0 radical (unpaired) electrons. The second kappa shape index (κ2) is 8.05. The summed E-state index contributed by atoms with van der Waals surface area (Å²) < 4.78 is 1.92. The third-order valence-corrected chi connectivity index (χ3v) is 4.60. The zero-order valence-corrected chi connectivity index (χ0v) is 15.3. The average Bonchev–Trinajstić information content (AvgIpc) is 3.03. The summed E-state index contributed by atoms with van der Waals surface area (Å²) in [6.07, 6.45) is 0.929. The Labute approximate surface area is 157 Å². The van der Waals surface area contributed by atoms with Crippen LogP contribution in [0.1, 0.15) is 30.2 Å². The normalized spacial score (nSPS) is 13.1. The highest BCUT2D eigenvalue weighted by Crippen LogP contribution is 2.25. The minimum absolute atomic E-state index is 0.0417. The molecule has 2 amide bonds. The minimum atomic E-state index is -0.903. The number of aryl methyl sites for hydroxylation is 1. The van der Waals surface area contributed by atoms with Crippen LogP contribution < -0.4 is 10.6 Å². The van der Waals surface area contributed by atoms with Crippen LogP contribution >= 0.6 is 0 Å². The summed E-state index contributed by atoms with van der Waals surface area (Å²) in [5, 5.41) is 16.5. The molecular weight excluding hydrogens is 342 g/mol. The van der Waals surface area contributed by atoms with Crippen LogP contribution in [0.25, 0.3) is 10.9 Å². The van der Waals surface area contributed by atoms with E-state index in [0.29, 0.717) is 5.56 Å². The SMILES string of the molecule is C[C@@H](NC(=O)C(=O)NC[C@H](O)c1cn(C)c2ccccc12)c1ccccc1. The van der Waals surface area contributed by atoms with E-state index in [4.69, 9.17) is 0 Å². The number of nitrogens with one attached hydrogen (secondary N) is 2. The van der Waals surface area contributed by atoms with Gasteiger partial charge in [0.1, 0.15) is 0 Å². The van der Waals surface area contributed by atoms with Gasteiger partial charge in [0.15, 0.2) is 0 Å². The molecule has 3 rings (SSSR count). The van der Waals surface area contributed by atoms with Gasteiger partial charge in [0.25, 0.3) is 0 Å². The number of aliphatic hydroxyl groups is 1. The number of benzene rings is 2. The number of fused-ring (bicyclic) bond motifs is 1. The molecule has 27 heavy (non-hydrogen) atoms. The lowest BCUT2D eigenvalue weighted by Crippen LogP contribution is -2.42. The third kappa shape index (κ3) is 4.17. The maximum Gasteiger partial charge on any atom is 0.309 e. The fraction of sp³-hybridized carbons (Fsp3) is 0.238. The summed E-state index contributed by atoms with van der Waals surface area (Å²) in [6, 6.07) is 16.8. The molecule has 6 heteroatoms. The topological polar surface area (TPSA) is 83.4 Å². The predicted octanol–water partition coefficient (Wildman–Crippen LogP) is 2.21. The summed E-state index contributed by atoms with van der Waals surface area (Å²) in [5.74, 6) is -1.49. The summed E-state index contributed by atoms with van der Waals surface area (Å²) >= 11 is 0. The maximum absolute atomic E-state index is 12.1. The van der Waals surface area contributed by atoms with E-state index >= 15 is 0 Å². The van der Waals surface area contributed by atoms with Gasteiger partial charge in [0, 0.05) is 36.3 Å². The van der Waals surface area contributed by atoms with Crippen molar-refractivity contribution in [2.75, 3.05) is 6.54 Å². The molecule has 0 aliphatic carbocycles. The van der Waals surface area contributed by atoms with Gasteiger partial charge in [-0.1, -0.05) is 48.5 Å². The number of hydrogen-bond acceptors (Lipinski definition) is 3. The number of para-hydroxylation sites is 1. The number of hydrogen-bond donors (Lipinski definition) is 3. The zero-order chi connectivity index (χ0) is 19.4. The Morgan fingerprint density at radius 3 is 2.44 bits per heavy atom. The van der Waals surface area contributed by atoms with Gasteiger partial charge in [-0.25, -0.2) is 0 Å². The number of aromatic nitrogens is 1. The number of rotatable bonds is 5. The summed E-state index contributed by atoms with van der Waals surface area (Å²) in [6.45, 7) is 1.77. The van der Waals surface area contributed by atoms with E-state index in [2.05, 4.69) is 10.6 Å². The van der Waals surface area contributed by atoms with Gasteiger partial charge in [-0.3, -0.25) is 9.59 Å². The van der Waals surface area contributed by atoms with Gasteiger partial charge in [0.05, 0.1) is 12.1 Å². The monoisotopic (exact) mass is 365 g/mol. The molecule has 2 atom stereocenters. The molecule has 3 aromatic rings. The molecule has 0 unspecified atom stereocenters. The third-order valence-electron chi connectivity index (χ3n) is 4.60. The average molecular weight is 365 g/mol. The van der Waals surface area contributed by atoms with Crippen molar-refractivity contribution in [1.82, 2.24) is 15.2 Å². The van der Waals surface area contributed by atoms with Gasteiger partial charge in [-0.2, -0.15) is 0 Å². The lowest BCUT2D eigenvalue weighted by atomic mass is 10.1. The largest absolute Gasteiger partial charge is 0.386 e.